The van der Waals surface area contributed by atoms with Crippen molar-refractivity contribution in [2.24, 2.45) is 0 Å². The average Bonchev–Trinajstić information content (AvgIpc) is 2.81. The highest BCUT2D eigenvalue weighted by molar-refractivity contribution is 7.08. The summed E-state index contributed by atoms with van der Waals surface area (Å²) in [4.78, 5) is 11.9. The van der Waals surface area contributed by atoms with E-state index in [4.69, 9.17) is 4.74 Å². The van der Waals surface area contributed by atoms with Gasteiger partial charge in [-0.3, -0.25) is 4.79 Å². The highest BCUT2D eigenvalue weighted by Crippen LogP contribution is 2.26. The summed E-state index contributed by atoms with van der Waals surface area (Å²) < 4.78 is 4.93. The second-order valence-electron chi connectivity index (χ2n) is 4.15. The molecule has 0 fully saturated rings. The molecule has 5 heteroatoms. The fourth-order valence-corrected chi connectivity index (χ4v) is 2.53. The summed E-state index contributed by atoms with van der Waals surface area (Å²) in [6.07, 6.45) is 0. The maximum absolute atomic E-state index is 11.9. The van der Waals surface area contributed by atoms with E-state index in [0.717, 1.165) is 5.56 Å². The number of phenolic OH excluding ortho intramolecular Hbond substituents is 1. The van der Waals surface area contributed by atoms with E-state index in [1.807, 2.05) is 17.7 Å². The lowest BCUT2D eigenvalue weighted by Gasteiger charge is -2.07. The van der Waals surface area contributed by atoms with Crippen LogP contribution in [0, 0.1) is 6.92 Å². The summed E-state index contributed by atoms with van der Waals surface area (Å²) in [6, 6.07) is 4.59. The minimum absolute atomic E-state index is 0.0399. The quantitative estimate of drug-likeness (QED) is 0.903. The zero-order chi connectivity index (χ0) is 13.8. The SMILES string of the molecule is COc1ccc(C(=O)NCc2cscc2C)cc1O. The van der Waals surface area contributed by atoms with Crippen molar-refractivity contribution in [3.63, 3.8) is 0 Å². The molecule has 1 aromatic heterocycles. The molecule has 0 saturated heterocycles. The molecule has 0 saturated carbocycles. The molecular weight excluding hydrogens is 262 g/mol. The maximum Gasteiger partial charge on any atom is 0.251 e. The van der Waals surface area contributed by atoms with Crippen LogP contribution in [-0.4, -0.2) is 18.1 Å². The number of aryl methyl sites for hydroxylation is 1. The molecule has 0 spiro atoms. The van der Waals surface area contributed by atoms with Crippen LogP contribution in [0.4, 0.5) is 0 Å². The van der Waals surface area contributed by atoms with Gasteiger partial charge in [0.15, 0.2) is 11.5 Å². The van der Waals surface area contributed by atoms with Crippen LogP contribution >= 0.6 is 11.3 Å². The Morgan fingerprint density at radius 3 is 2.79 bits per heavy atom. The second kappa shape index (κ2) is 5.75. The molecule has 1 amide bonds. The number of carbonyl (C=O) groups is 1. The largest absolute Gasteiger partial charge is 0.504 e. The van der Waals surface area contributed by atoms with Gasteiger partial charge in [0.05, 0.1) is 7.11 Å². The molecule has 1 heterocycles. The molecule has 0 aliphatic rings. The van der Waals surface area contributed by atoms with Crippen LogP contribution in [-0.2, 0) is 6.54 Å². The van der Waals surface area contributed by atoms with E-state index >= 15 is 0 Å². The van der Waals surface area contributed by atoms with Crippen molar-refractivity contribution < 1.29 is 14.6 Å². The summed E-state index contributed by atoms with van der Waals surface area (Å²) >= 11 is 1.61. The molecule has 100 valence electrons. The Labute approximate surface area is 115 Å². The standard InChI is InChI=1S/C14H15NO3S/c1-9-7-19-8-11(9)6-15-14(17)10-3-4-13(18-2)12(16)5-10/h3-5,7-8,16H,6H2,1-2H3,(H,15,17). The van der Waals surface area contributed by atoms with E-state index in [0.29, 0.717) is 17.9 Å². The van der Waals surface area contributed by atoms with Crippen LogP contribution in [0.3, 0.4) is 0 Å². The molecule has 0 radical (unpaired) electrons. The first-order valence-electron chi connectivity index (χ1n) is 5.78. The molecule has 0 bridgehead atoms. The summed E-state index contributed by atoms with van der Waals surface area (Å²) in [5, 5.41) is 16.5. The van der Waals surface area contributed by atoms with Crippen molar-refractivity contribution in [2.75, 3.05) is 7.11 Å². The molecule has 2 rings (SSSR count). The highest BCUT2D eigenvalue weighted by atomic mass is 32.1. The molecule has 19 heavy (non-hydrogen) atoms. The monoisotopic (exact) mass is 277 g/mol. The number of thiophene rings is 1. The van der Waals surface area contributed by atoms with E-state index in [9.17, 15) is 9.90 Å². The van der Waals surface area contributed by atoms with Crippen LogP contribution < -0.4 is 10.1 Å². The molecule has 0 aliphatic heterocycles. The summed E-state index contributed by atoms with van der Waals surface area (Å²) in [6.45, 7) is 2.50. The zero-order valence-corrected chi connectivity index (χ0v) is 11.6. The number of methoxy groups -OCH3 is 1. The normalized spacial score (nSPS) is 10.2. The van der Waals surface area contributed by atoms with Gasteiger partial charge in [-0.15, -0.1) is 0 Å². The maximum atomic E-state index is 11.9. The minimum Gasteiger partial charge on any atom is -0.504 e. The molecule has 1 aromatic carbocycles. The van der Waals surface area contributed by atoms with Crippen molar-refractivity contribution in [2.45, 2.75) is 13.5 Å². The third-order valence-electron chi connectivity index (χ3n) is 2.84. The number of ether oxygens (including phenoxy) is 1. The first-order valence-corrected chi connectivity index (χ1v) is 6.73. The lowest BCUT2D eigenvalue weighted by molar-refractivity contribution is 0.0950. The lowest BCUT2D eigenvalue weighted by atomic mass is 10.1. The number of phenols is 1. The number of hydrogen-bond acceptors (Lipinski definition) is 4. The van der Waals surface area contributed by atoms with E-state index < -0.39 is 0 Å². The van der Waals surface area contributed by atoms with Crippen molar-refractivity contribution in [3.05, 3.63) is 45.6 Å². The fraction of sp³-hybridized carbons (Fsp3) is 0.214. The number of carbonyl (C=O) groups excluding carboxylic acids is 1. The molecule has 0 atom stereocenters. The summed E-state index contributed by atoms with van der Waals surface area (Å²) in [5.74, 6) is 0.0932. The van der Waals surface area contributed by atoms with Gasteiger partial charge in [0.2, 0.25) is 0 Å². The molecule has 2 aromatic rings. The summed E-state index contributed by atoms with van der Waals surface area (Å²) in [7, 11) is 1.47. The van der Waals surface area contributed by atoms with Gasteiger partial charge in [-0.05, 0) is 47.0 Å². The second-order valence-corrected chi connectivity index (χ2v) is 4.89. The zero-order valence-electron chi connectivity index (χ0n) is 10.8. The lowest BCUT2D eigenvalue weighted by Crippen LogP contribution is -2.22. The third kappa shape index (κ3) is 3.06. The predicted octanol–water partition coefficient (Wildman–Crippen LogP) is 2.70. The van der Waals surface area contributed by atoms with Gasteiger partial charge in [0.25, 0.3) is 5.91 Å². The van der Waals surface area contributed by atoms with Gasteiger partial charge in [-0.2, -0.15) is 11.3 Å². The molecule has 0 unspecified atom stereocenters. The van der Waals surface area contributed by atoms with Crippen LogP contribution in [0.1, 0.15) is 21.5 Å². The average molecular weight is 277 g/mol. The third-order valence-corrected chi connectivity index (χ3v) is 3.75. The van der Waals surface area contributed by atoms with Crippen LogP contribution in [0.25, 0.3) is 0 Å². The molecular formula is C14H15NO3S. The number of hydrogen-bond donors (Lipinski definition) is 2. The first-order chi connectivity index (χ1) is 9.11. The van der Waals surface area contributed by atoms with Crippen LogP contribution in [0.5, 0.6) is 11.5 Å². The number of benzene rings is 1. The van der Waals surface area contributed by atoms with E-state index in [1.54, 1.807) is 23.5 Å². The first kappa shape index (κ1) is 13.4. The molecule has 0 aliphatic carbocycles. The van der Waals surface area contributed by atoms with Gasteiger partial charge < -0.3 is 15.2 Å². The van der Waals surface area contributed by atoms with Gasteiger partial charge in [-0.1, -0.05) is 0 Å². The van der Waals surface area contributed by atoms with Crippen molar-refractivity contribution >= 4 is 17.2 Å². The Balaban J connectivity index is 2.04. The Morgan fingerprint density at radius 1 is 1.42 bits per heavy atom. The smallest absolute Gasteiger partial charge is 0.251 e. The Bertz CT molecular complexity index is 592. The summed E-state index contributed by atoms with van der Waals surface area (Å²) in [5.41, 5.74) is 2.69. The van der Waals surface area contributed by atoms with Gasteiger partial charge in [-0.25, -0.2) is 0 Å². The highest BCUT2D eigenvalue weighted by Gasteiger charge is 2.10. The van der Waals surface area contributed by atoms with Gasteiger partial charge in [0, 0.05) is 12.1 Å². The molecule has 4 nitrogen and oxygen atoms in total. The number of amides is 1. The van der Waals surface area contributed by atoms with Crippen LogP contribution in [0.2, 0.25) is 0 Å². The van der Waals surface area contributed by atoms with Crippen molar-refractivity contribution in [1.82, 2.24) is 5.32 Å². The number of aromatic hydroxyl groups is 1. The van der Waals surface area contributed by atoms with E-state index in [1.165, 1.54) is 18.7 Å². The molecule has 2 N–H and O–H groups in total. The Hall–Kier alpha value is -2.01. The van der Waals surface area contributed by atoms with Gasteiger partial charge in [0.1, 0.15) is 0 Å². The van der Waals surface area contributed by atoms with Crippen molar-refractivity contribution in [3.8, 4) is 11.5 Å². The predicted molar refractivity (Wildman–Crippen MR) is 74.9 cm³/mol. The topological polar surface area (TPSA) is 58.6 Å². The van der Waals surface area contributed by atoms with Crippen molar-refractivity contribution in [1.29, 1.82) is 0 Å². The van der Waals surface area contributed by atoms with E-state index in [-0.39, 0.29) is 11.7 Å². The Kier molecular flexibility index (Phi) is 4.06. The number of rotatable bonds is 4. The Morgan fingerprint density at radius 2 is 2.21 bits per heavy atom. The fourth-order valence-electron chi connectivity index (χ4n) is 1.68. The number of nitrogens with one attached hydrogen (secondary N) is 1. The van der Waals surface area contributed by atoms with E-state index in [2.05, 4.69) is 5.32 Å². The van der Waals surface area contributed by atoms with Crippen LogP contribution in [0.15, 0.2) is 29.0 Å². The van der Waals surface area contributed by atoms with Gasteiger partial charge >= 0.3 is 0 Å². The minimum atomic E-state index is -0.219.